The van der Waals surface area contributed by atoms with Crippen LogP contribution in [0.2, 0.25) is 0 Å². The first kappa shape index (κ1) is 32.7. The molecule has 0 bridgehead atoms. The van der Waals surface area contributed by atoms with Crippen LogP contribution in [0.3, 0.4) is 0 Å². The highest BCUT2D eigenvalue weighted by molar-refractivity contribution is 7.84. The summed E-state index contributed by atoms with van der Waals surface area (Å²) in [6, 6.07) is 5.21. The van der Waals surface area contributed by atoms with E-state index < -0.39 is 15.9 Å². The molecule has 10 nitrogen and oxygen atoms in total. The van der Waals surface area contributed by atoms with Crippen molar-refractivity contribution in [2.45, 2.75) is 103 Å². The van der Waals surface area contributed by atoms with Gasteiger partial charge >= 0.3 is 10.3 Å². The number of benzene rings is 1. The average Bonchev–Trinajstić information content (AvgIpc) is 3.54. The van der Waals surface area contributed by atoms with Crippen LogP contribution in [-0.4, -0.2) is 90.9 Å². The SMILES string of the molecule is CC(C)(C)CC(=O)N1CCC[C@H]1C(=O)N1CCN(C[C@]2(O)CC[C@H]3[C@@H]4CCc5cc(OS(N)(=O)=O)ccc5[C@H]4CC[C@@]32C)CC1. The molecule has 3 aliphatic carbocycles. The third-order valence-electron chi connectivity index (χ3n) is 11.9. The highest BCUT2D eigenvalue weighted by Gasteiger charge is 2.61. The second-order valence-corrected chi connectivity index (χ2v) is 17.1. The number of carbonyl (C=O) groups excluding carboxylic acids is 2. The largest absolute Gasteiger partial charge is 0.388 e. The lowest BCUT2D eigenvalue weighted by Gasteiger charge is -2.54. The molecule has 0 unspecified atom stereocenters. The van der Waals surface area contributed by atoms with Crippen molar-refractivity contribution in [1.82, 2.24) is 14.7 Å². The third-order valence-corrected chi connectivity index (χ3v) is 12.4. The first-order chi connectivity index (χ1) is 21.1. The number of amides is 2. The van der Waals surface area contributed by atoms with Gasteiger partial charge in [0.15, 0.2) is 0 Å². The van der Waals surface area contributed by atoms with Gasteiger partial charge in [0, 0.05) is 51.1 Å². The predicted molar refractivity (Wildman–Crippen MR) is 172 cm³/mol. The summed E-state index contributed by atoms with van der Waals surface area (Å²) in [7, 11) is -4.06. The average molecular weight is 645 g/mol. The number of β-amino-alcohol motifs (C(OH)–C–C–N with tert-alkyl or cyclic N) is 1. The summed E-state index contributed by atoms with van der Waals surface area (Å²) in [5.74, 6) is 1.75. The molecule has 0 spiro atoms. The molecule has 2 aliphatic heterocycles. The van der Waals surface area contributed by atoms with Crippen molar-refractivity contribution in [3.63, 3.8) is 0 Å². The predicted octanol–water partition coefficient (Wildman–Crippen LogP) is 3.43. The molecule has 5 aliphatic rings. The summed E-state index contributed by atoms with van der Waals surface area (Å²) in [4.78, 5) is 32.7. The minimum Gasteiger partial charge on any atom is -0.388 e. The van der Waals surface area contributed by atoms with Crippen molar-refractivity contribution in [3.8, 4) is 5.75 Å². The van der Waals surface area contributed by atoms with Gasteiger partial charge in [-0.25, -0.2) is 0 Å². The van der Waals surface area contributed by atoms with Gasteiger partial charge in [0.1, 0.15) is 11.8 Å². The van der Waals surface area contributed by atoms with Crippen LogP contribution in [0, 0.1) is 22.7 Å². The lowest BCUT2D eigenvalue weighted by Crippen LogP contribution is -2.60. The number of nitrogens with two attached hydrogens (primary N) is 1. The minimum atomic E-state index is -4.06. The lowest BCUT2D eigenvalue weighted by atomic mass is 9.53. The normalized spacial score (nSPS) is 33.8. The number of aliphatic hydroxyl groups is 1. The Hall–Kier alpha value is -2.21. The molecule has 3 N–H and O–H groups in total. The van der Waals surface area contributed by atoms with E-state index in [4.69, 9.17) is 9.32 Å². The molecular weight excluding hydrogens is 592 g/mol. The molecule has 250 valence electrons. The van der Waals surface area contributed by atoms with Crippen molar-refractivity contribution in [3.05, 3.63) is 29.3 Å². The van der Waals surface area contributed by atoms with Crippen molar-refractivity contribution in [2.75, 3.05) is 39.3 Å². The molecule has 45 heavy (non-hydrogen) atoms. The Morgan fingerprint density at radius 1 is 1.04 bits per heavy atom. The van der Waals surface area contributed by atoms with Crippen LogP contribution < -0.4 is 9.32 Å². The number of rotatable bonds is 6. The van der Waals surface area contributed by atoms with E-state index >= 15 is 0 Å². The number of aryl methyl sites for hydroxylation is 1. The zero-order valence-corrected chi connectivity index (χ0v) is 28.3. The molecule has 2 amide bonds. The molecule has 6 atom stereocenters. The molecule has 6 rings (SSSR count). The van der Waals surface area contributed by atoms with E-state index in [2.05, 4.69) is 32.6 Å². The van der Waals surface area contributed by atoms with Gasteiger partial charge in [-0.1, -0.05) is 33.8 Å². The van der Waals surface area contributed by atoms with E-state index in [0.29, 0.717) is 50.4 Å². The number of hydrogen-bond acceptors (Lipinski definition) is 7. The van der Waals surface area contributed by atoms with Crippen LogP contribution in [0.4, 0.5) is 0 Å². The first-order valence-corrected chi connectivity index (χ1v) is 18.4. The van der Waals surface area contributed by atoms with Gasteiger partial charge in [0.05, 0.1) is 5.60 Å². The van der Waals surface area contributed by atoms with E-state index in [0.717, 1.165) is 70.0 Å². The maximum Gasteiger partial charge on any atom is 0.380 e. The Kier molecular flexibility index (Phi) is 8.57. The van der Waals surface area contributed by atoms with E-state index in [1.54, 1.807) is 6.07 Å². The molecule has 0 radical (unpaired) electrons. The number of fused-ring (bicyclic) bond motifs is 5. The Morgan fingerprint density at radius 3 is 2.47 bits per heavy atom. The van der Waals surface area contributed by atoms with Crippen LogP contribution in [0.25, 0.3) is 0 Å². The van der Waals surface area contributed by atoms with E-state index in [1.807, 2.05) is 21.9 Å². The smallest absolute Gasteiger partial charge is 0.380 e. The molecule has 0 aromatic heterocycles. The summed E-state index contributed by atoms with van der Waals surface area (Å²) in [5.41, 5.74) is 1.37. The Balaban J connectivity index is 1.07. The van der Waals surface area contributed by atoms with Gasteiger partial charge in [0.2, 0.25) is 11.8 Å². The van der Waals surface area contributed by atoms with E-state index in [1.165, 1.54) is 5.56 Å². The zero-order valence-electron chi connectivity index (χ0n) is 27.5. The fourth-order valence-electron chi connectivity index (χ4n) is 9.70. The zero-order chi connectivity index (χ0) is 32.4. The third kappa shape index (κ3) is 6.39. The van der Waals surface area contributed by atoms with Gasteiger partial charge in [-0.2, -0.15) is 13.6 Å². The molecule has 2 heterocycles. The Labute approximate surface area is 268 Å². The second kappa shape index (κ2) is 11.8. The Bertz CT molecular complexity index is 1420. The Morgan fingerprint density at radius 2 is 1.78 bits per heavy atom. The number of hydrogen-bond donors (Lipinski definition) is 2. The van der Waals surface area contributed by atoms with E-state index in [-0.39, 0.29) is 34.4 Å². The van der Waals surface area contributed by atoms with Crippen molar-refractivity contribution < 1.29 is 27.3 Å². The summed E-state index contributed by atoms with van der Waals surface area (Å²) in [6.45, 7) is 12.5. The fourth-order valence-corrected chi connectivity index (χ4v) is 10.1. The van der Waals surface area contributed by atoms with Gasteiger partial charge in [-0.3, -0.25) is 14.5 Å². The second-order valence-electron chi connectivity index (χ2n) is 16.0. The van der Waals surface area contributed by atoms with Gasteiger partial charge < -0.3 is 19.1 Å². The molecular formula is C34H52N4O6S. The summed E-state index contributed by atoms with van der Waals surface area (Å²) in [5, 5.41) is 17.4. The molecule has 1 aromatic rings. The minimum absolute atomic E-state index is 0.0835. The topological polar surface area (TPSA) is 133 Å². The van der Waals surface area contributed by atoms with Crippen molar-refractivity contribution in [2.24, 2.45) is 27.8 Å². The first-order valence-electron chi connectivity index (χ1n) is 16.9. The van der Waals surface area contributed by atoms with Crippen LogP contribution in [-0.2, 0) is 26.3 Å². The number of piperazine rings is 1. The highest BCUT2D eigenvalue weighted by Crippen LogP contribution is 2.64. The van der Waals surface area contributed by atoms with Crippen molar-refractivity contribution in [1.29, 1.82) is 0 Å². The maximum atomic E-state index is 13.6. The number of carbonyl (C=O) groups is 2. The van der Waals surface area contributed by atoms with Gasteiger partial charge in [-0.15, -0.1) is 0 Å². The molecule has 4 fully saturated rings. The van der Waals surface area contributed by atoms with E-state index in [9.17, 15) is 23.1 Å². The fraction of sp³-hybridized carbons (Fsp3) is 0.765. The summed E-state index contributed by atoms with van der Waals surface area (Å²) < 4.78 is 27.8. The maximum absolute atomic E-state index is 13.6. The number of likely N-dealkylation sites (tertiary alicyclic amines) is 1. The van der Waals surface area contributed by atoms with Crippen LogP contribution in [0.5, 0.6) is 5.75 Å². The summed E-state index contributed by atoms with van der Waals surface area (Å²) >= 11 is 0. The molecule has 1 aromatic carbocycles. The standard InChI is InChI=1S/C34H52N4O6S/c1-32(2,3)21-30(39)38-15-5-6-29(38)31(40)37-18-16-36(17-19-37)22-34(41)14-12-28-27-9-7-23-20-24(44-45(35,42)43)8-10-25(23)26(27)11-13-33(28,34)4/h8,10,20,26-29,41H,5-7,9,11-19,21-22H2,1-4H3,(H2,35,42,43)/t26-,27-,28+,29+,33+,34-/m1/s1. The summed E-state index contributed by atoms with van der Waals surface area (Å²) in [6.07, 6.45) is 7.69. The van der Waals surface area contributed by atoms with Crippen LogP contribution in [0.1, 0.15) is 96.1 Å². The van der Waals surface area contributed by atoms with Crippen LogP contribution >= 0.6 is 0 Å². The highest BCUT2D eigenvalue weighted by atomic mass is 32.2. The quantitative estimate of drug-likeness (QED) is 0.485. The van der Waals surface area contributed by atoms with Crippen LogP contribution in [0.15, 0.2) is 18.2 Å². The van der Waals surface area contributed by atoms with Gasteiger partial charge in [-0.05, 0) is 97.8 Å². The monoisotopic (exact) mass is 644 g/mol. The molecule has 11 heteroatoms. The molecule has 2 saturated carbocycles. The molecule has 2 saturated heterocycles. The number of nitrogens with zero attached hydrogens (tertiary/aromatic N) is 3. The lowest BCUT2D eigenvalue weighted by molar-refractivity contribution is -0.147. The van der Waals surface area contributed by atoms with Gasteiger partial charge in [0.25, 0.3) is 0 Å². The van der Waals surface area contributed by atoms with Crippen molar-refractivity contribution >= 4 is 22.1 Å².